The third-order valence-electron chi connectivity index (χ3n) is 3.62. The number of ether oxygens (including phenoxy) is 2. The van der Waals surface area contributed by atoms with E-state index >= 15 is 0 Å². The van der Waals surface area contributed by atoms with Crippen molar-refractivity contribution in [1.29, 1.82) is 0 Å². The molecule has 0 unspecified atom stereocenters. The minimum atomic E-state index is -0.429. The number of carbonyl (C=O) groups excluding carboxylic acids is 1. The maximum atomic E-state index is 12.8. The number of nitrogens with zero attached hydrogens (tertiary/aromatic N) is 1. The Hall–Kier alpha value is -1.62. The van der Waals surface area contributed by atoms with Gasteiger partial charge in [-0.25, -0.2) is 4.39 Å². The zero-order valence-electron chi connectivity index (χ0n) is 11.8. The Labute approximate surface area is 118 Å². The molecular weight excluding hydrogens is 261 g/mol. The smallest absolute Gasteiger partial charge is 0.251 e. The van der Waals surface area contributed by atoms with E-state index in [-0.39, 0.29) is 17.8 Å². The molecule has 1 saturated heterocycles. The van der Waals surface area contributed by atoms with Crippen molar-refractivity contribution >= 4 is 5.91 Å². The van der Waals surface area contributed by atoms with Crippen LogP contribution in [-0.2, 0) is 9.53 Å². The second kappa shape index (κ2) is 6.70. The van der Waals surface area contributed by atoms with Gasteiger partial charge in [0.1, 0.15) is 24.3 Å². The van der Waals surface area contributed by atoms with Crippen LogP contribution in [0.2, 0.25) is 0 Å². The summed E-state index contributed by atoms with van der Waals surface area (Å²) in [6.45, 7) is 2.91. The van der Waals surface area contributed by atoms with E-state index in [0.29, 0.717) is 12.4 Å². The third-order valence-corrected chi connectivity index (χ3v) is 3.62. The van der Waals surface area contributed by atoms with Crippen LogP contribution in [0.15, 0.2) is 24.3 Å². The van der Waals surface area contributed by atoms with Crippen molar-refractivity contribution in [3.8, 4) is 5.75 Å². The van der Waals surface area contributed by atoms with Gasteiger partial charge in [0.05, 0.1) is 6.04 Å². The summed E-state index contributed by atoms with van der Waals surface area (Å²) in [5.74, 6) is 0.326. The summed E-state index contributed by atoms with van der Waals surface area (Å²) in [6, 6.07) is 5.97. The maximum absolute atomic E-state index is 12.8. The molecule has 5 heteroatoms. The quantitative estimate of drug-likeness (QED) is 0.831. The highest BCUT2D eigenvalue weighted by Gasteiger charge is 2.31. The van der Waals surface area contributed by atoms with E-state index in [0.717, 1.165) is 19.4 Å². The van der Waals surface area contributed by atoms with Gasteiger partial charge in [0.2, 0.25) is 0 Å². The second-order valence-electron chi connectivity index (χ2n) is 4.97. The molecule has 1 aliphatic heterocycles. The van der Waals surface area contributed by atoms with Crippen LogP contribution in [0.5, 0.6) is 5.75 Å². The van der Waals surface area contributed by atoms with Gasteiger partial charge in [-0.1, -0.05) is 0 Å². The number of likely N-dealkylation sites (tertiary alicyclic amines) is 1. The van der Waals surface area contributed by atoms with Crippen LogP contribution in [0.25, 0.3) is 0 Å². The van der Waals surface area contributed by atoms with Crippen LogP contribution in [-0.4, -0.2) is 43.2 Å². The lowest BCUT2D eigenvalue weighted by atomic mass is 10.2. The molecule has 0 aliphatic carbocycles. The van der Waals surface area contributed by atoms with E-state index < -0.39 is 6.10 Å². The first kappa shape index (κ1) is 14.8. The summed E-state index contributed by atoms with van der Waals surface area (Å²) in [7, 11) is 1.53. The van der Waals surface area contributed by atoms with Crippen molar-refractivity contribution in [2.45, 2.75) is 31.9 Å². The zero-order valence-corrected chi connectivity index (χ0v) is 11.8. The standard InChI is InChI=1S/C15H20FNO3/c1-11(19-2)15(18)17-9-3-4-13(17)10-20-14-7-5-12(16)6-8-14/h5-8,11,13H,3-4,9-10H2,1-2H3/t11-,13+/m0/s1. The van der Waals surface area contributed by atoms with Crippen molar-refractivity contribution < 1.29 is 18.7 Å². The normalized spacial score (nSPS) is 19.9. The van der Waals surface area contributed by atoms with Crippen molar-refractivity contribution in [1.82, 2.24) is 4.90 Å². The number of benzene rings is 1. The first-order chi connectivity index (χ1) is 9.61. The molecule has 0 bridgehead atoms. The summed E-state index contributed by atoms with van der Waals surface area (Å²) in [6.07, 6.45) is 1.46. The van der Waals surface area contributed by atoms with Crippen LogP contribution in [0.3, 0.4) is 0 Å². The molecule has 2 rings (SSSR count). The molecule has 0 saturated carbocycles. The fourth-order valence-corrected chi connectivity index (χ4v) is 2.36. The molecule has 0 aromatic heterocycles. The van der Waals surface area contributed by atoms with Crippen molar-refractivity contribution in [2.24, 2.45) is 0 Å². The lowest BCUT2D eigenvalue weighted by Crippen LogP contribution is -2.44. The van der Waals surface area contributed by atoms with Gasteiger partial charge in [-0.3, -0.25) is 4.79 Å². The number of hydrogen-bond donors (Lipinski definition) is 0. The Bertz CT molecular complexity index is 449. The minimum absolute atomic E-state index is 0.00212. The van der Waals surface area contributed by atoms with Gasteiger partial charge in [0.15, 0.2) is 0 Å². The first-order valence-corrected chi connectivity index (χ1v) is 6.83. The van der Waals surface area contributed by atoms with Gasteiger partial charge in [-0.05, 0) is 44.0 Å². The number of carbonyl (C=O) groups is 1. The van der Waals surface area contributed by atoms with E-state index in [2.05, 4.69) is 0 Å². The van der Waals surface area contributed by atoms with Crippen LogP contribution in [0.1, 0.15) is 19.8 Å². The zero-order chi connectivity index (χ0) is 14.5. The van der Waals surface area contributed by atoms with Crippen LogP contribution >= 0.6 is 0 Å². The number of halogens is 1. The Balaban J connectivity index is 1.91. The fraction of sp³-hybridized carbons (Fsp3) is 0.533. The predicted octanol–water partition coefficient (Wildman–Crippen LogP) is 2.23. The SMILES string of the molecule is CO[C@@H](C)C(=O)N1CCC[C@@H]1COc1ccc(F)cc1. The number of hydrogen-bond acceptors (Lipinski definition) is 3. The third kappa shape index (κ3) is 3.48. The van der Waals surface area contributed by atoms with Gasteiger partial charge in [-0.2, -0.15) is 0 Å². The molecule has 1 fully saturated rings. The highest BCUT2D eigenvalue weighted by Crippen LogP contribution is 2.20. The number of amides is 1. The lowest BCUT2D eigenvalue weighted by Gasteiger charge is -2.27. The van der Waals surface area contributed by atoms with E-state index in [9.17, 15) is 9.18 Å². The van der Waals surface area contributed by atoms with Crippen LogP contribution in [0, 0.1) is 5.82 Å². The molecule has 4 nitrogen and oxygen atoms in total. The lowest BCUT2D eigenvalue weighted by molar-refractivity contribution is -0.142. The van der Waals surface area contributed by atoms with Gasteiger partial charge in [0, 0.05) is 13.7 Å². The topological polar surface area (TPSA) is 38.8 Å². The molecule has 1 aromatic rings. The fourth-order valence-electron chi connectivity index (χ4n) is 2.36. The molecule has 2 atom stereocenters. The first-order valence-electron chi connectivity index (χ1n) is 6.83. The molecule has 1 heterocycles. The Morgan fingerprint density at radius 2 is 2.15 bits per heavy atom. The Morgan fingerprint density at radius 3 is 2.80 bits per heavy atom. The highest BCUT2D eigenvalue weighted by atomic mass is 19.1. The molecule has 1 aromatic carbocycles. The van der Waals surface area contributed by atoms with Crippen LogP contribution in [0.4, 0.5) is 4.39 Å². The summed E-state index contributed by atoms with van der Waals surface area (Å²) in [5.41, 5.74) is 0. The molecule has 0 N–H and O–H groups in total. The molecule has 0 spiro atoms. The molecule has 20 heavy (non-hydrogen) atoms. The molecule has 1 amide bonds. The summed E-state index contributed by atoms with van der Waals surface area (Å²) < 4.78 is 23.5. The average molecular weight is 281 g/mol. The molecule has 110 valence electrons. The summed E-state index contributed by atoms with van der Waals surface area (Å²) >= 11 is 0. The van der Waals surface area contributed by atoms with Crippen molar-refractivity contribution in [3.05, 3.63) is 30.1 Å². The summed E-state index contributed by atoms with van der Waals surface area (Å²) in [4.78, 5) is 14.0. The van der Waals surface area contributed by atoms with Gasteiger partial charge in [-0.15, -0.1) is 0 Å². The maximum Gasteiger partial charge on any atom is 0.251 e. The average Bonchev–Trinajstić information content (AvgIpc) is 2.93. The van der Waals surface area contributed by atoms with Crippen molar-refractivity contribution in [2.75, 3.05) is 20.3 Å². The second-order valence-corrected chi connectivity index (χ2v) is 4.97. The number of methoxy groups -OCH3 is 1. The summed E-state index contributed by atoms with van der Waals surface area (Å²) in [5, 5.41) is 0. The predicted molar refractivity (Wildman–Crippen MR) is 73.1 cm³/mol. The number of rotatable bonds is 5. The van der Waals surface area contributed by atoms with Gasteiger partial charge in [0.25, 0.3) is 5.91 Å². The van der Waals surface area contributed by atoms with Crippen LogP contribution < -0.4 is 4.74 Å². The van der Waals surface area contributed by atoms with E-state index in [1.165, 1.54) is 19.2 Å². The van der Waals surface area contributed by atoms with E-state index in [1.807, 2.05) is 4.90 Å². The van der Waals surface area contributed by atoms with Gasteiger partial charge < -0.3 is 14.4 Å². The monoisotopic (exact) mass is 281 g/mol. The van der Waals surface area contributed by atoms with Gasteiger partial charge >= 0.3 is 0 Å². The van der Waals surface area contributed by atoms with Crippen molar-refractivity contribution in [3.63, 3.8) is 0 Å². The molecule has 1 aliphatic rings. The van der Waals surface area contributed by atoms with E-state index in [4.69, 9.17) is 9.47 Å². The Morgan fingerprint density at radius 1 is 1.45 bits per heavy atom. The highest BCUT2D eigenvalue weighted by molar-refractivity contribution is 5.81. The molecular formula is C15H20FNO3. The minimum Gasteiger partial charge on any atom is -0.491 e. The largest absolute Gasteiger partial charge is 0.491 e. The van der Waals surface area contributed by atoms with E-state index in [1.54, 1.807) is 19.1 Å². The Kier molecular flexibility index (Phi) is 4.95. The molecule has 0 radical (unpaired) electrons.